The highest BCUT2D eigenvalue weighted by Gasteiger charge is 2.47. The first kappa shape index (κ1) is 18.2. The molecule has 0 N–H and O–H groups in total. The van der Waals surface area contributed by atoms with Crippen LogP contribution in [-0.4, -0.2) is 50.1 Å². The fraction of sp³-hybridized carbons (Fsp3) is 0.571. The van der Waals surface area contributed by atoms with Gasteiger partial charge in [-0.15, -0.1) is 10.2 Å². The monoisotopic (exact) mass is 367 g/mol. The van der Waals surface area contributed by atoms with Crippen molar-refractivity contribution in [2.45, 2.75) is 57.8 Å². The largest absolute Gasteiger partial charge is 0.338 e. The summed E-state index contributed by atoms with van der Waals surface area (Å²) in [4.78, 5) is 17.7. The van der Waals surface area contributed by atoms with Crippen molar-refractivity contribution in [2.75, 3.05) is 13.6 Å². The summed E-state index contributed by atoms with van der Waals surface area (Å²) < 4.78 is 2.03. The van der Waals surface area contributed by atoms with Crippen molar-refractivity contribution in [1.82, 2.24) is 24.6 Å². The van der Waals surface area contributed by atoms with Gasteiger partial charge in [0.25, 0.3) is 0 Å². The third-order valence-corrected chi connectivity index (χ3v) is 6.14. The lowest BCUT2D eigenvalue weighted by Gasteiger charge is -2.26. The summed E-state index contributed by atoms with van der Waals surface area (Å²) in [5, 5.41) is 8.25. The second-order valence-electron chi connectivity index (χ2n) is 8.16. The number of carbonyl (C=O) groups excluding carboxylic acids is 1. The van der Waals surface area contributed by atoms with Gasteiger partial charge in [0, 0.05) is 25.2 Å². The van der Waals surface area contributed by atoms with Gasteiger partial charge in [-0.3, -0.25) is 9.69 Å². The van der Waals surface area contributed by atoms with Crippen LogP contribution in [0, 0.1) is 5.92 Å². The van der Waals surface area contributed by atoms with Crippen LogP contribution in [0.3, 0.4) is 0 Å². The summed E-state index contributed by atoms with van der Waals surface area (Å²) in [7, 11) is 1.90. The van der Waals surface area contributed by atoms with Crippen LogP contribution in [0.15, 0.2) is 36.7 Å². The number of nitrogens with zero attached hydrogens (tertiary/aromatic N) is 5. The summed E-state index contributed by atoms with van der Waals surface area (Å²) in [5.41, 5.74) is 1.34. The quantitative estimate of drug-likeness (QED) is 0.815. The van der Waals surface area contributed by atoms with E-state index in [1.807, 2.05) is 16.5 Å². The highest BCUT2D eigenvalue weighted by molar-refractivity contribution is 5.80. The summed E-state index contributed by atoms with van der Waals surface area (Å²) in [5.74, 6) is 1.16. The lowest BCUT2D eigenvalue weighted by Crippen LogP contribution is -2.38. The SMILES string of the molecule is CC(C)n1cnnc1CN(C)C(=O)[C@@H]1C[C@H](c2ccccc2)N2CCC[C@@H]12. The minimum atomic E-state index is 0.0677. The molecule has 27 heavy (non-hydrogen) atoms. The molecule has 144 valence electrons. The van der Waals surface area contributed by atoms with Crippen molar-refractivity contribution >= 4 is 5.91 Å². The summed E-state index contributed by atoms with van der Waals surface area (Å²) in [6.45, 7) is 5.81. The molecule has 6 nitrogen and oxygen atoms in total. The highest BCUT2D eigenvalue weighted by Crippen LogP contribution is 2.45. The number of benzene rings is 1. The molecular formula is C21H29N5O. The van der Waals surface area contributed by atoms with Gasteiger partial charge in [0.05, 0.1) is 12.5 Å². The Hall–Kier alpha value is -2.21. The van der Waals surface area contributed by atoms with E-state index in [9.17, 15) is 4.79 Å². The van der Waals surface area contributed by atoms with Crippen LogP contribution in [-0.2, 0) is 11.3 Å². The Morgan fingerprint density at radius 3 is 2.81 bits per heavy atom. The van der Waals surface area contributed by atoms with Gasteiger partial charge in [-0.25, -0.2) is 0 Å². The third kappa shape index (κ3) is 3.38. The van der Waals surface area contributed by atoms with Crippen molar-refractivity contribution < 1.29 is 4.79 Å². The summed E-state index contributed by atoms with van der Waals surface area (Å²) in [6.07, 6.45) is 4.96. The van der Waals surface area contributed by atoms with Gasteiger partial charge >= 0.3 is 0 Å². The van der Waals surface area contributed by atoms with Crippen LogP contribution >= 0.6 is 0 Å². The molecule has 0 saturated carbocycles. The normalized spacial score (nSPS) is 25.1. The van der Waals surface area contributed by atoms with Crippen molar-refractivity contribution in [3.63, 3.8) is 0 Å². The topological polar surface area (TPSA) is 54.3 Å². The molecule has 6 heteroatoms. The Balaban J connectivity index is 1.50. The zero-order valence-electron chi connectivity index (χ0n) is 16.5. The number of amides is 1. The fourth-order valence-electron chi connectivity index (χ4n) is 4.82. The molecule has 2 saturated heterocycles. The minimum absolute atomic E-state index is 0.0677. The Morgan fingerprint density at radius 1 is 1.30 bits per heavy atom. The fourth-order valence-corrected chi connectivity index (χ4v) is 4.82. The molecular weight excluding hydrogens is 338 g/mol. The molecule has 1 aromatic heterocycles. The number of aromatic nitrogens is 3. The second kappa shape index (κ2) is 7.43. The first-order valence-electron chi connectivity index (χ1n) is 10.00. The minimum Gasteiger partial charge on any atom is -0.338 e. The Kier molecular flexibility index (Phi) is 5.00. The van der Waals surface area contributed by atoms with E-state index in [-0.39, 0.29) is 17.9 Å². The second-order valence-corrected chi connectivity index (χ2v) is 8.16. The Morgan fingerprint density at radius 2 is 2.07 bits per heavy atom. The number of hydrogen-bond donors (Lipinski definition) is 0. The van der Waals surface area contributed by atoms with E-state index in [0.717, 1.165) is 25.2 Å². The van der Waals surface area contributed by atoms with Gasteiger partial charge in [0.2, 0.25) is 5.91 Å². The molecule has 1 amide bonds. The predicted octanol–water partition coefficient (Wildman–Crippen LogP) is 3.04. The average molecular weight is 367 g/mol. The van der Waals surface area contributed by atoms with E-state index in [1.54, 1.807) is 6.33 Å². The standard InChI is InChI=1S/C21H29N5O/c1-15(2)26-14-22-23-20(26)13-24(3)21(27)17-12-19(16-8-5-4-6-9-16)25-11-7-10-18(17)25/h4-6,8-9,14-15,17-19H,7,10-13H2,1-3H3/t17-,18+,19-/m1/s1. The number of rotatable bonds is 5. The molecule has 0 unspecified atom stereocenters. The van der Waals surface area contributed by atoms with Crippen molar-refractivity contribution in [1.29, 1.82) is 0 Å². The van der Waals surface area contributed by atoms with Crippen LogP contribution in [0.5, 0.6) is 0 Å². The van der Waals surface area contributed by atoms with Gasteiger partial charge in [0.15, 0.2) is 5.82 Å². The molecule has 2 aliphatic heterocycles. The van der Waals surface area contributed by atoms with E-state index in [1.165, 1.54) is 12.0 Å². The highest BCUT2D eigenvalue weighted by atomic mass is 16.2. The summed E-state index contributed by atoms with van der Waals surface area (Å²) in [6, 6.07) is 11.7. The van der Waals surface area contributed by atoms with Crippen molar-refractivity contribution in [3.05, 3.63) is 48.0 Å². The van der Waals surface area contributed by atoms with E-state index in [0.29, 0.717) is 18.6 Å². The van der Waals surface area contributed by atoms with Gasteiger partial charge in [0.1, 0.15) is 6.33 Å². The molecule has 4 rings (SSSR count). The maximum Gasteiger partial charge on any atom is 0.227 e. The van der Waals surface area contributed by atoms with Crippen LogP contribution in [0.25, 0.3) is 0 Å². The summed E-state index contributed by atoms with van der Waals surface area (Å²) >= 11 is 0. The van der Waals surface area contributed by atoms with Crippen LogP contribution in [0.4, 0.5) is 0 Å². The first-order valence-corrected chi connectivity index (χ1v) is 10.00. The molecule has 0 spiro atoms. The number of hydrogen-bond acceptors (Lipinski definition) is 4. The van der Waals surface area contributed by atoms with Gasteiger partial charge < -0.3 is 9.47 Å². The van der Waals surface area contributed by atoms with Crippen molar-refractivity contribution in [3.8, 4) is 0 Å². The number of fused-ring (bicyclic) bond motifs is 1. The molecule has 0 bridgehead atoms. The van der Waals surface area contributed by atoms with E-state index < -0.39 is 0 Å². The zero-order chi connectivity index (χ0) is 19.0. The molecule has 1 aromatic carbocycles. The maximum atomic E-state index is 13.3. The maximum absolute atomic E-state index is 13.3. The molecule has 0 aliphatic carbocycles. The predicted molar refractivity (Wildman–Crippen MR) is 104 cm³/mol. The van der Waals surface area contributed by atoms with E-state index >= 15 is 0 Å². The third-order valence-electron chi connectivity index (χ3n) is 6.14. The molecule has 2 fully saturated rings. The lowest BCUT2D eigenvalue weighted by molar-refractivity contribution is -0.135. The van der Waals surface area contributed by atoms with Gasteiger partial charge in [-0.1, -0.05) is 30.3 Å². The number of carbonyl (C=O) groups is 1. The van der Waals surface area contributed by atoms with Crippen molar-refractivity contribution in [2.24, 2.45) is 5.92 Å². The smallest absolute Gasteiger partial charge is 0.227 e. The van der Waals surface area contributed by atoms with Crippen LogP contribution in [0.1, 0.15) is 56.6 Å². The average Bonchev–Trinajstić information content (AvgIpc) is 3.38. The van der Waals surface area contributed by atoms with E-state index in [4.69, 9.17) is 0 Å². The van der Waals surface area contributed by atoms with Crippen LogP contribution in [0.2, 0.25) is 0 Å². The van der Waals surface area contributed by atoms with Gasteiger partial charge in [-0.2, -0.15) is 0 Å². The first-order chi connectivity index (χ1) is 13.1. The van der Waals surface area contributed by atoms with E-state index in [2.05, 4.69) is 59.3 Å². The molecule has 3 atom stereocenters. The molecule has 0 radical (unpaired) electrons. The Labute approximate surface area is 161 Å². The lowest BCUT2D eigenvalue weighted by atomic mass is 9.93. The molecule has 2 aromatic rings. The zero-order valence-corrected chi connectivity index (χ0v) is 16.5. The molecule has 3 heterocycles. The van der Waals surface area contributed by atoms with Gasteiger partial charge in [-0.05, 0) is 45.2 Å². The van der Waals surface area contributed by atoms with Crippen LogP contribution < -0.4 is 0 Å². The Bertz CT molecular complexity index is 787. The molecule has 2 aliphatic rings.